The van der Waals surface area contributed by atoms with Crippen molar-refractivity contribution in [3.05, 3.63) is 34.0 Å². The lowest BCUT2D eigenvalue weighted by molar-refractivity contribution is 0.467. The maximum absolute atomic E-state index is 9.72. The molecule has 0 bridgehead atoms. The quantitative estimate of drug-likeness (QED) is 0.577. The van der Waals surface area contributed by atoms with Crippen LogP contribution >= 0.6 is 27.5 Å². The standard InChI is InChI=1S/C10H8BrClN4O2/c11-5-1-7(17)9(14-3-5)16(13)10-8(18)2-6(12)4-15-10/h1-4,17-18H,13H2. The molecule has 0 aromatic carbocycles. The number of pyridine rings is 2. The third-order valence-electron chi connectivity index (χ3n) is 2.08. The summed E-state index contributed by atoms with van der Waals surface area (Å²) in [5.41, 5.74) is 0. The van der Waals surface area contributed by atoms with Gasteiger partial charge in [-0.2, -0.15) is 0 Å². The summed E-state index contributed by atoms with van der Waals surface area (Å²) in [5.74, 6) is 5.47. The molecule has 0 aliphatic heterocycles. The van der Waals surface area contributed by atoms with Gasteiger partial charge in [-0.25, -0.2) is 20.8 Å². The van der Waals surface area contributed by atoms with Gasteiger partial charge in [-0.1, -0.05) is 11.6 Å². The number of nitrogens with zero attached hydrogens (tertiary/aromatic N) is 3. The number of hydrogen-bond acceptors (Lipinski definition) is 6. The molecule has 8 heteroatoms. The van der Waals surface area contributed by atoms with E-state index < -0.39 is 0 Å². The highest BCUT2D eigenvalue weighted by Crippen LogP contribution is 2.34. The van der Waals surface area contributed by atoms with Crippen molar-refractivity contribution in [1.82, 2.24) is 9.97 Å². The molecule has 0 aliphatic rings. The van der Waals surface area contributed by atoms with E-state index in [-0.39, 0.29) is 28.2 Å². The summed E-state index contributed by atoms with van der Waals surface area (Å²) in [4.78, 5) is 7.81. The van der Waals surface area contributed by atoms with Gasteiger partial charge in [0.2, 0.25) is 0 Å². The lowest BCUT2D eigenvalue weighted by atomic mass is 10.3. The van der Waals surface area contributed by atoms with Gasteiger partial charge in [0, 0.05) is 22.9 Å². The Morgan fingerprint density at radius 3 is 2.22 bits per heavy atom. The van der Waals surface area contributed by atoms with Gasteiger partial charge in [0.05, 0.1) is 5.02 Å². The summed E-state index contributed by atoms with van der Waals surface area (Å²) in [7, 11) is 0. The number of nitrogens with two attached hydrogens (primary N) is 1. The largest absolute Gasteiger partial charge is 0.504 e. The number of hydrogen-bond donors (Lipinski definition) is 3. The highest BCUT2D eigenvalue weighted by molar-refractivity contribution is 9.10. The number of hydrazine groups is 1. The second-order valence-corrected chi connectivity index (χ2v) is 4.71. The monoisotopic (exact) mass is 330 g/mol. The minimum atomic E-state index is -0.214. The molecule has 0 saturated carbocycles. The first kappa shape index (κ1) is 12.9. The normalized spacial score (nSPS) is 10.4. The molecule has 18 heavy (non-hydrogen) atoms. The summed E-state index contributed by atoms with van der Waals surface area (Å²) in [6, 6.07) is 2.72. The average Bonchev–Trinajstić information content (AvgIpc) is 2.28. The zero-order valence-electron chi connectivity index (χ0n) is 8.88. The van der Waals surface area contributed by atoms with Gasteiger partial charge in [0.15, 0.2) is 23.1 Å². The summed E-state index contributed by atoms with van der Waals surface area (Å²) in [6.45, 7) is 0. The van der Waals surface area contributed by atoms with Crippen LogP contribution in [0.5, 0.6) is 11.5 Å². The Hall–Kier alpha value is -1.57. The number of aromatic nitrogens is 2. The fraction of sp³-hybridized carbons (Fsp3) is 0. The predicted octanol–water partition coefficient (Wildman–Crippen LogP) is 2.32. The van der Waals surface area contributed by atoms with Crippen molar-refractivity contribution in [2.45, 2.75) is 0 Å². The molecule has 2 aromatic heterocycles. The smallest absolute Gasteiger partial charge is 0.191 e. The van der Waals surface area contributed by atoms with E-state index in [4.69, 9.17) is 17.4 Å². The van der Waals surface area contributed by atoms with Crippen molar-refractivity contribution < 1.29 is 10.2 Å². The molecule has 6 nitrogen and oxygen atoms in total. The molecule has 2 aromatic rings. The number of rotatable bonds is 2. The molecular weight excluding hydrogens is 323 g/mol. The highest BCUT2D eigenvalue weighted by atomic mass is 79.9. The minimum absolute atomic E-state index is 0.0320. The second-order valence-electron chi connectivity index (χ2n) is 3.36. The second kappa shape index (κ2) is 4.97. The topological polar surface area (TPSA) is 95.5 Å². The number of anilines is 2. The molecule has 2 rings (SSSR count). The zero-order valence-corrected chi connectivity index (χ0v) is 11.2. The van der Waals surface area contributed by atoms with E-state index in [0.717, 1.165) is 5.01 Å². The van der Waals surface area contributed by atoms with E-state index in [9.17, 15) is 10.2 Å². The fourth-order valence-electron chi connectivity index (χ4n) is 1.31. The van der Waals surface area contributed by atoms with E-state index in [0.29, 0.717) is 4.47 Å². The van der Waals surface area contributed by atoms with Crippen molar-refractivity contribution in [2.24, 2.45) is 5.84 Å². The van der Waals surface area contributed by atoms with Crippen LogP contribution in [0, 0.1) is 0 Å². The van der Waals surface area contributed by atoms with Crippen LogP contribution in [0.15, 0.2) is 29.0 Å². The van der Waals surface area contributed by atoms with Crippen LogP contribution in [-0.2, 0) is 0 Å². The molecule has 0 amide bonds. The minimum Gasteiger partial charge on any atom is -0.504 e. The molecule has 0 radical (unpaired) electrons. The molecule has 0 spiro atoms. The molecular formula is C10H8BrClN4O2. The predicted molar refractivity (Wildman–Crippen MR) is 70.8 cm³/mol. The summed E-state index contributed by atoms with van der Waals surface area (Å²) in [5, 5.41) is 20.6. The van der Waals surface area contributed by atoms with Crippen LogP contribution in [0.25, 0.3) is 0 Å². The van der Waals surface area contributed by atoms with Crippen LogP contribution in [0.4, 0.5) is 11.6 Å². The Kier molecular flexibility index (Phi) is 3.55. The molecule has 0 aliphatic carbocycles. The summed E-state index contributed by atoms with van der Waals surface area (Å²) in [6.07, 6.45) is 2.79. The van der Waals surface area contributed by atoms with E-state index in [2.05, 4.69) is 25.9 Å². The van der Waals surface area contributed by atoms with Gasteiger partial charge < -0.3 is 10.2 Å². The Morgan fingerprint density at radius 1 is 1.11 bits per heavy atom. The molecule has 0 fully saturated rings. The van der Waals surface area contributed by atoms with Crippen molar-refractivity contribution in [2.75, 3.05) is 5.01 Å². The van der Waals surface area contributed by atoms with Gasteiger partial charge in [-0.3, -0.25) is 0 Å². The number of halogens is 2. The molecule has 2 heterocycles. The van der Waals surface area contributed by atoms with Gasteiger partial charge >= 0.3 is 0 Å². The first-order valence-corrected chi connectivity index (χ1v) is 5.90. The van der Waals surface area contributed by atoms with E-state index in [1.165, 1.54) is 24.5 Å². The van der Waals surface area contributed by atoms with Crippen LogP contribution in [0.2, 0.25) is 5.02 Å². The summed E-state index contributed by atoms with van der Waals surface area (Å²) >= 11 is 8.83. The molecule has 0 unspecified atom stereocenters. The molecule has 0 saturated heterocycles. The fourth-order valence-corrected chi connectivity index (χ4v) is 1.79. The average molecular weight is 332 g/mol. The Labute approximate surface area is 116 Å². The van der Waals surface area contributed by atoms with E-state index in [1.54, 1.807) is 0 Å². The van der Waals surface area contributed by atoms with Gasteiger partial charge in [0.25, 0.3) is 0 Å². The summed E-state index contributed by atoms with van der Waals surface area (Å²) < 4.78 is 0.602. The van der Waals surface area contributed by atoms with Gasteiger partial charge in [0.1, 0.15) is 0 Å². The maximum atomic E-state index is 9.72. The highest BCUT2D eigenvalue weighted by Gasteiger charge is 2.16. The number of aromatic hydroxyl groups is 2. The molecule has 4 N–H and O–H groups in total. The maximum Gasteiger partial charge on any atom is 0.191 e. The van der Waals surface area contributed by atoms with Crippen LogP contribution in [-0.4, -0.2) is 20.2 Å². The third-order valence-corrected chi connectivity index (χ3v) is 2.72. The van der Waals surface area contributed by atoms with Crippen LogP contribution in [0.3, 0.4) is 0 Å². The SMILES string of the molecule is NN(c1ncc(Cl)cc1O)c1ncc(Br)cc1O. The Balaban J connectivity index is 2.44. The van der Waals surface area contributed by atoms with Crippen molar-refractivity contribution in [3.8, 4) is 11.5 Å². The zero-order chi connectivity index (χ0) is 13.3. The third kappa shape index (κ3) is 2.47. The van der Waals surface area contributed by atoms with Crippen molar-refractivity contribution in [3.63, 3.8) is 0 Å². The van der Waals surface area contributed by atoms with Gasteiger partial charge in [-0.05, 0) is 22.0 Å². The lowest BCUT2D eigenvalue weighted by Gasteiger charge is -2.18. The molecule has 94 valence electrons. The van der Waals surface area contributed by atoms with Crippen molar-refractivity contribution >= 4 is 39.2 Å². The van der Waals surface area contributed by atoms with Crippen LogP contribution in [0.1, 0.15) is 0 Å². The van der Waals surface area contributed by atoms with Gasteiger partial charge in [-0.15, -0.1) is 0 Å². The first-order valence-electron chi connectivity index (χ1n) is 4.73. The Morgan fingerprint density at radius 2 is 1.67 bits per heavy atom. The van der Waals surface area contributed by atoms with E-state index in [1.807, 2.05) is 0 Å². The van der Waals surface area contributed by atoms with Crippen molar-refractivity contribution in [1.29, 1.82) is 0 Å². The van der Waals surface area contributed by atoms with E-state index >= 15 is 0 Å². The Bertz CT molecular complexity index is 545. The first-order chi connectivity index (χ1) is 8.49. The lowest BCUT2D eigenvalue weighted by Crippen LogP contribution is -2.27. The molecule has 0 atom stereocenters. The van der Waals surface area contributed by atoms with Crippen LogP contribution < -0.4 is 10.9 Å².